The fourth-order valence-electron chi connectivity index (χ4n) is 2.39. The van der Waals surface area contributed by atoms with Gasteiger partial charge in [0.25, 0.3) is 0 Å². The lowest BCUT2D eigenvalue weighted by atomic mass is 10.1. The van der Waals surface area contributed by atoms with Crippen LogP contribution in [-0.2, 0) is 13.6 Å². The Balaban J connectivity index is 2.17. The molecule has 0 spiro atoms. The van der Waals surface area contributed by atoms with Gasteiger partial charge in [-0.3, -0.25) is 0 Å². The Bertz CT molecular complexity index is 676. The van der Waals surface area contributed by atoms with E-state index in [0.717, 1.165) is 22.6 Å². The first kappa shape index (κ1) is 17.3. The van der Waals surface area contributed by atoms with Gasteiger partial charge in [-0.2, -0.15) is 0 Å². The van der Waals surface area contributed by atoms with Crippen molar-refractivity contribution in [3.63, 3.8) is 0 Å². The van der Waals surface area contributed by atoms with Crippen LogP contribution in [0.1, 0.15) is 17.0 Å². The summed E-state index contributed by atoms with van der Waals surface area (Å²) in [5.41, 5.74) is 2.52. The number of rotatable bonds is 5. The molecule has 0 aliphatic rings. The zero-order valence-electron chi connectivity index (χ0n) is 13.5. The van der Waals surface area contributed by atoms with Crippen molar-refractivity contribution < 1.29 is 9.90 Å². The highest BCUT2D eigenvalue weighted by molar-refractivity contribution is 6.30. The van der Waals surface area contributed by atoms with Gasteiger partial charge in [-0.1, -0.05) is 11.6 Å². The van der Waals surface area contributed by atoms with E-state index in [0.29, 0.717) is 11.6 Å². The van der Waals surface area contributed by atoms with Gasteiger partial charge in [-0.15, -0.1) is 0 Å². The van der Waals surface area contributed by atoms with Gasteiger partial charge in [0, 0.05) is 36.7 Å². The predicted molar refractivity (Wildman–Crippen MR) is 90.6 cm³/mol. The van der Waals surface area contributed by atoms with E-state index in [2.05, 4.69) is 10.3 Å². The maximum atomic E-state index is 12.6. The fourth-order valence-corrected chi connectivity index (χ4v) is 2.71. The molecule has 6 nitrogen and oxygen atoms in total. The minimum Gasteiger partial charge on any atom is -0.395 e. The molecule has 2 rings (SSSR count). The molecule has 0 radical (unpaired) electrons. The predicted octanol–water partition coefficient (Wildman–Crippen LogP) is 2.72. The minimum absolute atomic E-state index is 0.115. The van der Waals surface area contributed by atoms with Crippen molar-refractivity contribution in [2.75, 3.05) is 18.5 Å². The molecule has 0 unspecified atom stereocenters. The normalized spacial score (nSPS) is 10.7. The molecule has 0 aliphatic carbocycles. The number of anilines is 1. The third kappa shape index (κ3) is 4.24. The first-order chi connectivity index (χ1) is 10.9. The first-order valence-corrected chi connectivity index (χ1v) is 7.70. The van der Waals surface area contributed by atoms with Gasteiger partial charge in [-0.05, 0) is 37.1 Å². The van der Waals surface area contributed by atoms with Crippen molar-refractivity contribution in [3.05, 3.63) is 46.5 Å². The number of nitrogens with zero attached hydrogens (tertiary/aromatic N) is 3. The van der Waals surface area contributed by atoms with E-state index in [9.17, 15) is 9.90 Å². The highest BCUT2D eigenvalue weighted by atomic mass is 35.5. The molecule has 0 aliphatic heterocycles. The largest absolute Gasteiger partial charge is 0.395 e. The molecule has 0 fully saturated rings. The van der Waals surface area contributed by atoms with Crippen LogP contribution in [0, 0.1) is 13.8 Å². The number of nitrogens with one attached hydrogen (secondary N) is 1. The van der Waals surface area contributed by atoms with Crippen LogP contribution in [0.25, 0.3) is 0 Å². The van der Waals surface area contributed by atoms with Gasteiger partial charge in [-0.25, -0.2) is 9.78 Å². The average molecular weight is 337 g/mol. The number of imidazole rings is 1. The Morgan fingerprint density at radius 3 is 2.57 bits per heavy atom. The average Bonchev–Trinajstić information content (AvgIpc) is 2.87. The number of hydrogen-bond acceptors (Lipinski definition) is 3. The molecule has 1 aromatic heterocycles. The van der Waals surface area contributed by atoms with Crippen molar-refractivity contribution >= 4 is 23.3 Å². The van der Waals surface area contributed by atoms with Crippen LogP contribution in [0.15, 0.2) is 24.5 Å². The first-order valence-electron chi connectivity index (χ1n) is 7.32. The van der Waals surface area contributed by atoms with E-state index < -0.39 is 0 Å². The van der Waals surface area contributed by atoms with Gasteiger partial charge in [0.1, 0.15) is 5.82 Å². The Morgan fingerprint density at radius 1 is 1.39 bits per heavy atom. The maximum absolute atomic E-state index is 12.6. The van der Waals surface area contributed by atoms with Gasteiger partial charge in [0.15, 0.2) is 0 Å². The number of carbonyl (C=O) groups excluding carboxylic acids is 1. The molecule has 2 N–H and O–H groups in total. The van der Waals surface area contributed by atoms with Gasteiger partial charge in [0.05, 0.1) is 13.2 Å². The van der Waals surface area contributed by atoms with Crippen LogP contribution in [0.5, 0.6) is 0 Å². The third-order valence-electron chi connectivity index (χ3n) is 3.64. The molecule has 0 bridgehead atoms. The van der Waals surface area contributed by atoms with E-state index in [1.807, 2.05) is 31.7 Å². The number of aromatic nitrogens is 2. The standard InChI is InChI=1S/C16H21ClN4O2/c1-11-8-13(17)9-12(2)15(11)19-16(23)21(6-7-22)10-14-18-4-5-20(14)3/h4-5,8-9,22H,6-7,10H2,1-3H3,(H,19,23). The summed E-state index contributed by atoms with van der Waals surface area (Å²) in [6.07, 6.45) is 3.50. The number of benzene rings is 1. The maximum Gasteiger partial charge on any atom is 0.322 e. The molecule has 124 valence electrons. The Kier molecular flexibility index (Phi) is 5.63. The summed E-state index contributed by atoms with van der Waals surface area (Å²) < 4.78 is 1.84. The minimum atomic E-state index is -0.282. The molecule has 1 aromatic carbocycles. The second-order valence-electron chi connectivity index (χ2n) is 5.44. The summed E-state index contributed by atoms with van der Waals surface area (Å²) in [5, 5.41) is 12.8. The summed E-state index contributed by atoms with van der Waals surface area (Å²) in [7, 11) is 1.87. The van der Waals surface area contributed by atoms with Crippen molar-refractivity contribution in [1.29, 1.82) is 0 Å². The van der Waals surface area contributed by atoms with Crippen molar-refractivity contribution in [2.24, 2.45) is 7.05 Å². The second kappa shape index (κ2) is 7.48. The third-order valence-corrected chi connectivity index (χ3v) is 3.86. The molecule has 0 atom stereocenters. The number of halogens is 1. The molecule has 2 amide bonds. The highest BCUT2D eigenvalue weighted by Crippen LogP contribution is 2.25. The van der Waals surface area contributed by atoms with Gasteiger partial charge >= 0.3 is 6.03 Å². The van der Waals surface area contributed by atoms with Crippen LogP contribution < -0.4 is 5.32 Å². The van der Waals surface area contributed by atoms with Crippen molar-refractivity contribution in [1.82, 2.24) is 14.5 Å². The van der Waals surface area contributed by atoms with Gasteiger partial charge < -0.3 is 19.9 Å². The fraction of sp³-hybridized carbons (Fsp3) is 0.375. The summed E-state index contributed by atoms with van der Waals surface area (Å²) >= 11 is 6.02. The topological polar surface area (TPSA) is 70.4 Å². The molecule has 0 saturated heterocycles. The number of urea groups is 1. The molecule has 1 heterocycles. The zero-order valence-corrected chi connectivity index (χ0v) is 14.3. The highest BCUT2D eigenvalue weighted by Gasteiger charge is 2.17. The molecule has 23 heavy (non-hydrogen) atoms. The number of amides is 2. The number of aliphatic hydroxyl groups excluding tert-OH is 1. The van der Waals surface area contributed by atoms with Crippen molar-refractivity contribution in [3.8, 4) is 0 Å². The Hall–Kier alpha value is -2.05. The monoisotopic (exact) mass is 336 g/mol. The lowest BCUT2D eigenvalue weighted by molar-refractivity contribution is 0.183. The molecular formula is C16H21ClN4O2. The summed E-state index contributed by atoms with van der Waals surface area (Å²) in [5.74, 6) is 0.748. The summed E-state index contributed by atoms with van der Waals surface area (Å²) in [6, 6.07) is 3.33. The van der Waals surface area contributed by atoms with Crippen LogP contribution in [0.3, 0.4) is 0 Å². The number of aliphatic hydroxyl groups is 1. The Morgan fingerprint density at radius 2 is 2.04 bits per heavy atom. The molecule has 2 aromatic rings. The van der Waals surface area contributed by atoms with Crippen LogP contribution >= 0.6 is 11.6 Å². The lowest BCUT2D eigenvalue weighted by Gasteiger charge is -2.23. The van der Waals surface area contributed by atoms with E-state index in [1.54, 1.807) is 18.3 Å². The van der Waals surface area contributed by atoms with Crippen LogP contribution in [-0.4, -0.2) is 38.7 Å². The van der Waals surface area contributed by atoms with Gasteiger partial charge in [0.2, 0.25) is 0 Å². The smallest absolute Gasteiger partial charge is 0.322 e. The summed E-state index contributed by atoms with van der Waals surface area (Å²) in [4.78, 5) is 18.3. The molecule has 7 heteroatoms. The molecule has 0 saturated carbocycles. The lowest BCUT2D eigenvalue weighted by Crippen LogP contribution is -2.37. The van der Waals surface area contributed by atoms with Crippen LogP contribution in [0.4, 0.5) is 10.5 Å². The van der Waals surface area contributed by atoms with E-state index in [-0.39, 0.29) is 19.2 Å². The second-order valence-corrected chi connectivity index (χ2v) is 5.88. The number of aryl methyl sites for hydroxylation is 3. The Labute approximate surface area is 140 Å². The zero-order chi connectivity index (χ0) is 17.0. The quantitative estimate of drug-likeness (QED) is 0.882. The van der Waals surface area contributed by atoms with E-state index in [4.69, 9.17) is 11.6 Å². The van der Waals surface area contributed by atoms with Crippen molar-refractivity contribution in [2.45, 2.75) is 20.4 Å². The van der Waals surface area contributed by atoms with E-state index in [1.165, 1.54) is 4.90 Å². The number of hydrogen-bond donors (Lipinski definition) is 2. The summed E-state index contributed by atoms with van der Waals surface area (Å²) in [6.45, 7) is 4.22. The van der Waals surface area contributed by atoms with Crippen LogP contribution in [0.2, 0.25) is 5.02 Å². The number of carbonyl (C=O) groups is 1. The van der Waals surface area contributed by atoms with E-state index >= 15 is 0 Å². The SMILES string of the molecule is Cc1cc(Cl)cc(C)c1NC(=O)N(CCO)Cc1nccn1C. The molecular weight excluding hydrogens is 316 g/mol.